The van der Waals surface area contributed by atoms with Gasteiger partial charge in [0.25, 0.3) is 0 Å². The zero-order chi connectivity index (χ0) is 16.5. The Balaban J connectivity index is 0.00000157. The Morgan fingerprint density at radius 3 is 2.92 bits per heavy atom. The standard InChI is InChI=1S/C18H14IN3O2.CH4/c1-24-10-3-5-14-12(7-10)18(17(23)20-14)8-13(18)9-2-4-11-15(6-9)21-22-16(11)19;/h2-7,13H,8H2,1H3,(H,20,23)(H,21,22);1H4. The summed E-state index contributed by atoms with van der Waals surface area (Å²) in [6, 6.07) is 12.1. The predicted octanol–water partition coefficient (Wildman–Crippen LogP) is 4.19. The molecular weight excluding hydrogens is 429 g/mol. The molecule has 2 atom stereocenters. The van der Waals surface area contributed by atoms with Crippen LogP contribution in [-0.4, -0.2) is 23.2 Å². The minimum atomic E-state index is -0.457. The van der Waals surface area contributed by atoms with Crippen LogP contribution in [0.15, 0.2) is 36.4 Å². The van der Waals surface area contributed by atoms with E-state index >= 15 is 0 Å². The summed E-state index contributed by atoms with van der Waals surface area (Å²) < 4.78 is 6.38. The van der Waals surface area contributed by atoms with E-state index in [4.69, 9.17) is 4.74 Å². The number of benzene rings is 2. The third-order valence-electron chi connectivity index (χ3n) is 5.26. The molecule has 5 rings (SSSR count). The van der Waals surface area contributed by atoms with Gasteiger partial charge in [0.05, 0.1) is 18.0 Å². The lowest BCUT2D eigenvalue weighted by molar-refractivity contribution is -0.118. The van der Waals surface area contributed by atoms with E-state index in [2.05, 4.69) is 56.3 Å². The van der Waals surface area contributed by atoms with Crippen molar-refractivity contribution in [1.82, 2.24) is 10.2 Å². The van der Waals surface area contributed by atoms with Gasteiger partial charge in [0.2, 0.25) is 5.91 Å². The number of ether oxygens (including phenoxy) is 1. The molecule has 1 aromatic heterocycles. The molecule has 1 spiro atoms. The highest BCUT2D eigenvalue weighted by molar-refractivity contribution is 14.1. The van der Waals surface area contributed by atoms with E-state index in [1.807, 2.05) is 18.2 Å². The Morgan fingerprint density at radius 2 is 2.12 bits per heavy atom. The summed E-state index contributed by atoms with van der Waals surface area (Å²) in [5.74, 6) is 1.06. The lowest BCUT2D eigenvalue weighted by Gasteiger charge is -2.10. The van der Waals surface area contributed by atoms with Crippen molar-refractivity contribution in [2.45, 2.75) is 25.2 Å². The Bertz CT molecular complexity index is 1010. The number of carbonyl (C=O) groups is 1. The van der Waals surface area contributed by atoms with E-state index < -0.39 is 5.41 Å². The number of nitrogens with one attached hydrogen (secondary N) is 2. The molecule has 0 radical (unpaired) electrons. The Hall–Kier alpha value is -2.09. The van der Waals surface area contributed by atoms with E-state index in [9.17, 15) is 4.79 Å². The number of H-pyrrole nitrogens is 1. The van der Waals surface area contributed by atoms with Gasteiger partial charge in [-0.25, -0.2) is 0 Å². The molecule has 2 heterocycles. The molecule has 2 aromatic carbocycles. The Morgan fingerprint density at radius 1 is 1.28 bits per heavy atom. The topological polar surface area (TPSA) is 67.0 Å². The minimum absolute atomic E-state index is 0. The van der Waals surface area contributed by atoms with Crippen molar-refractivity contribution in [2.24, 2.45) is 0 Å². The van der Waals surface area contributed by atoms with E-state index in [1.54, 1.807) is 7.11 Å². The summed E-state index contributed by atoms with van der Waals surface area (Å²) in [7, 11) is 1.65. The largest absolute Gasteiger partial charge is 0.497 e. The van der Waals surface area contributed by atoms with E-state index in [1.165, 1.54) is 0 Å². The van der Waals surface area contributed by atoms with Gasteiger partial charge in [-0.15, -0.1) is 0 Å². The third kappa shape index (κ3) is 2.13. The SMILES string of the molecule is C.COc1ccc2c(c1)C1(CC1c1ccc3c(I)[nH]nc3c1)C(=O)N2. The Labute approximate surface area is 159 Å². The second kappa shape index (κ2) is 5.45. The fourth-order valence-electron chi connectivity index (χ4n) is 3.91. The molecule has 2 N–H and O–H groups in total. The first-order chi connectivity index (χ1) is 11.6. The summed E-state index contributed by atoms with van der Waals surface area (Å²) >= 11 is 2.24. The quantitative estimate of drug-likeness (QED) is 0.580. The molecule has 25 heavy (non-hydrogen) atoms. The molecule has 3 aromatic rings. The maximum absolute atomic E-state index is 12.7. The number of fused-ring (bicyclic) bond motifs is 3. The van der Waals surface area contributed by atoms with Crippen molar-refractivity contribution in [3.63, 3.8) is 0 Å². The Kier molecular flexibility index (Phi) is 3.57. The van der Waals surface area contributed by atoms with Crippen LogP contribution in [0.1, 0.15) is 30.9 Å². The van der Waals surface area contributed by atoms with Crippen LogP contribution in [0.4, 0.5) is 5.69 Å². The van der Waals surface area contributed by atoms with Gasteiger partial charge in [-0.3, -0.25) is 9.89 Å². The minimum Gasteiger partial charge on any atom is -0.497 e. The van der Waals surface area contributed by atoms with Crippen molar-refractivity contribution in [3.05, 3.63) is 51.2 Å². The van der Waals surface area contributed by atoms with E-state index in [-0.39, 0.29) is 19.3 Å². The molecule has 2 aliphatic rings. The van der Waals surface area contributed by atoms with Crippen LogP contribution in [0.2, 0.25) is 0 Å². The van der Waals surface area contributed by atoms with Crippen molar-refractivity contribution in [3.8, 4) is 5.75 Å². The van der Waals surface area contributed by atoms with Crippen LogP contribution in [-0.2, 0) is 10.2 Å². The van der Waals surface area contributed by atoms with Gasteiger partial charge in [-0.1, -0.05) is 13.5 Å². The van der Waals surface area contributed by atoms with Gasteiger partial charge >= 0.3 is 0 Å². The van der Waals surface area contributed by atoms with E-state index in [0.29, 0.717) is 0 Å². The van der Waals surface area contributed by atoms with Gasteiger partial charge in [-0.05, 0) is 70.5 Å². The number of halogens is 1. The molecule has 1 saturated carbocycles. The number of hydrogen-bond donors (Lipinski definition) is 2. The van der Waals surface area contributed by atoms with Gasteiger partial charge in [0.15, 0.2) is 0 Å². The number of carbonyl (C=O) groups excluding carboxylic acids is 1. The molecule has 1 amide bonds. The van der Waals surface area contributed by atoms with Gasteiger partial charge < -0.3 is 10.1 Å². The fraction of sp³-hybridized carbons (Fsp3) is 0.263. The number of amides is 1. The summed E-state index contributed by atoms with van der Waals surface area (Å²) in [4.78, 5) is 12.7. The number of aromatic amines is 1. The van der Waals surface area contributed by atoms with Crippen molar-refractivity contribution in [1.29, 1.82) is 0 Å². The predicted molar refractivity (Wildman–Crippen MR) is 106 cm³/mol. The average molecular weight is 447 g/mol. The van der Waals surface area contributed by atoms with Gasteiger partial charge in [0.1, 0.15) is 9.45 Å². The van der Waals surface area contributed by atoms with Crippen molar-refractivity contribution >= 4 is 45.1 Å². The number of rotatable bonds is 2. The summed E-state index contributed by atoms with van der Waals surface area (Å²) in [6.45, 7) is 0. The summed E-state index contributed by atoms with van der Waals surface area (Å²) in [5, 5.41) is 11.5. The van der Waals surface area contributed by atoms with Crippen LogP contribution in [0, 0.1) is 3.70 Å². The van der Waals surface area contributed by atoms with Crippen LogP contribution in [0.3, 0.4) is 0 Å². The summed E-state index contributed by atoms with van der Waals surface area (Å²) in [6.07, 6.45) is 0.825. The first-order valence-corrected chi connectivity index (χ1v) is 8.85. The maximum Gasteiger partial charge on any atom is 0.235 e. The molecule has 128 valence electrons. The lowest BCUT2D eigenvalue weighted by atomic mass is 9.91. The number of methoxy groups -OCH3 is 1. The van der Waals surface area contributed by atoms with Crippen molar-refractivity contribution in [2.75, 3.05) is 12.4 Å². The van der Waals surface area contributed by atoms with Crippen LogP contribution in [0.25, 0.3) is 10.9 Å². The molecule has 1 aliphatic heterocycles. The second-order valence-electron chi connectivity index (χ2n) is 6.41. The monoisotopic (exact) mass is 447 g/mol. The highest BCUT2D eigenvalue weighted by Gasteiger charge is 2.65. The zero-order valence-electron chi connectivity index (χ0n) is 12.9. The second-order valence-corrected chi connectivity index (χ2v) is 7.49. The number of aromatic nitrogens is 2. The van der Waals surface area contributed by atoms with Crippen LogP contribution < -0.4 is 10.1 Å². The van der Waals surface area contributed by atoms with Crippen LogP contribution in [0.5, 0.6) is 5.75 Å². The zero-order valence-corrected chi connectivity index (χ0v) is 15.0. The maximum atomic E-state index is 12.7. The highest BCUT2D eigenvalue weighted by Crippen LogP contribution is 2.65. The number of nitrogens with zero attached hydrogens (tertiary/aromatic N) is 1. The molecule has 0 saturated heterocycles. The lowest BCUT2D eigenvalue weighted by Crippen LogP contribution is -2.21. The van der Waals surface area contributed by atoms with E-state index in [0.717, 1.165) is 43.6 Å². The van der Waals surface area contributed by atoms with Gasteiger partial charge in [0, 0.05) is 17.0 Å². The molecule has 5 nitrogen and oxygen atoms in total. The number of hydrogen-bond acceptors (Lipinski definition) is 3. The average Bonchev–Trinajstić information content (AvgIpc) is 3.17. The molecule has 2 unspecified atom stereocenters. The number of anilines is 1. The molecule has 1 fully saturated rings. The highest BCUT2D eigenvalue weighted by atomic mass is 127. The van der Waals surface area contributed by atoms with Crippen molar-refractivity contribution < 1.29 is 9.53 Å². The smallest absolute Gasteiger partial charge is 0.235 e. The molecular formula is C19H18IN3O2. The molecule has 1 aliphatic carbocycles. The third-order valence-corrected chi connectivity index (χ3v) is 6.08. The molecule has 6 heteroatoms. The van der Waals surface area contributed by atoms with Crippen LogP contribution >= 0.6 is 22.6 Å². The normalized spacial score (nSPS) is 23.3. The first-order valence-electron chi connectivity index (χ1n) is 7.77. The van der Waals surface area contributed by atoms with Gasteiger partial charge in [-0.2, -0.15) is 5.10 Å². The first kappa shape index (κ1) is 16.4. The fourth-order valence-corrected chi connectivity index (χ4v) is 4.49. The molecule has 0 bridgehead atoms. The summed E-state index contributed by atoms with van der Waals surface area (Å²) in [5.41, 5.74) is 3.60.